The van der Waals surface area contributed by atoms with Crippen LogP contribution in [0.1, 0.15) is 43.7 Å². The molecule has 0 radical (unpaired) electrons. The summed E-state index contributed by atoms with van der Waals surface area (Å²) in [6.07, 6.45) is 5.34. The summed E-state index contributed by atoms with van der Waals surface area (Å²) in [5.41, 5.74) is 6.19. The van der Waals surface area contributed by atoms with E-state index in [4.69, 9.17) is 17.3 Å². The Labute approximate surface area is 105 Å². The number of nitrogens with two attached hydrogens (primary N) is 1. The van der Waals surface area contributed by atoms with E-state index in [1.54, 1.807) is 0 Å². The van der Waals surface area contributed by atoms with Crippen molar-refractivity contribution in [2.24, 2.45) is 11.7 Å². The number of benzene rings is 1. The summed E-state index contributed by atoms with van der Waals surface area (Å²) in [7, 11) is 0. The highest BCUT2D eigenvalue weighted by atomic mass is 35.5. The van der Waals surface area contributed by atoms with Crippen molar-refractivity contribution in [3.05, 3.63) is 34.4 Å². The van der Waals surface area contributed by atoms with Gasteiger partial charge in [0.15, 0.2) is 0 Å². The van der Waals surface area contributed by atoms with Gasteiger partial charge in [0.05, 0.1) is 5.02 Å². The maximum atomic E-state index is 13.7. The third-order valence-electron chi connectivity index (χ3n) is 3.57. The zero-order chi connectivity index (χ0) is 12.4. The second-order valence-electron chi connectivity index (χ2n) is 4.68. The van der Waals surface area contributed by atoms with Gasteiger partial charge in [0, 0.05) is 11.6 Å². The average Bonchev–Trinajstić information content (AvgIpc) is 2.35. The lowest BCUT2D eigenvalue weighted by molar-refractivity contribution is 0.303. The van der Waals surface area contributed by atoms with Crippen molar-refractivity contribution in [1.29, 1.82) is 0 Å². The monoisotopic (exact) mass is 259 g/mol. The summed E-state index contributed by atoms with van der Waals surface area (Å²) in [6, 6.07) is 1.63. The first kappa shape index (κ1) is 12.8. The summed E-state index contributed by atoms with van der Waals surface area (Å²) in [5, 5.41) is -0.164. The van der Waals surface area contributed by atoms with E-state index in [9.17, 15) is 8.78 Å². The van der Waals surface area contributed by atoms with Crippen LogP contribution in [0.4, 0.5) is 8.78 Å². The van der Waals surface area contributed by atoms with Crippen LogP contribution in [-0.4, -0.2) is 0 Å². The Balaban J connectivity index is 2.29. The van der Waals surface area contributed by atoms with Crippen LogP contribution < -0.4 is 5.73 Å². The van der Waals surface area contributed by atoms with Crippen molar-refractivity contribution in [2.45, 2.75) is 38.1 Å². The summed E-state index contributed by atoms with van der Waals surface area (Å²) in [5.74, 6) is -0.902. The van der Waals surface area contributed by atoms with E-state index < -0.39 is 17.7 Å². The molecule has 0 unspecified atom stereocenters. The summed E-state index contributed by atoms with van der Waals surface area (Å²) < 4.78 is 27.0. The molecule has 0 bridgehead atoms. The van der Waals surface area contributed by atoms with Crippen LogP contribution in [0.3, 0.4) is 0 Å². The number of rotatable bonds is 2. The van der Waals surface area contributed by atoms with Crippen LogP contribution >= 0.6 is 11.6 Å². The van der Waals surface area contributed by atoms with Crippen molar-refractivity contribution in [1.82, 2.24) is 0 Å². The first-order valence-corrected chi connectivity index (χ1v) is 6.38. The number of hydrogen-bond acceptors (Lipinski definition) is 1. The largest absolute Gasteiger partial charge is 0.324 e. The fourth-order valence-corrected chi connectivity index (χ4v) is 2.86. The Kier molecular flexibility index (Phi) is 4.00. The molecule has 1 atom stereocenters. The maximum Gasteiger partial charge on any atom is 0.142 e. The van der Waals surface area contributed by atoms with Gasteiger partial charge in [0.1, 0.15) is 11.6 Å². The molecule has 0 aromatic heterocycles. The van der Waals surface area contributed by atoms with Crippen LogP contribution in [-0.2, 0) is 0 Å². The van der Waals surface area contributed by atoms with Gasteiger partial charge >= 0.3 is 0 Å². The standard InChI is InChI=1S/C13H16ClF2N/c14-12-10(16)7-6-9(15)11(12)13(17)8-4-2-1-3-5-8/h6-8,13H,1-5,17H2/t13-/m1/s1. The molecule has 0 amide bonds. The minimum absolute atomic E-state index is 0.138. The molecule has 0 saturated heterocycles. The van der Waals surface area contributed by atoms with Crippen LogP contribution in [0, 0.1) is 17.6 Å². The van der Waals surface area contributed by atoms with Crippen LogP contribution in [0.15, 0.2) is 12.1 Å². The van der Waals surface area contributed by atoms with Crippen molar-refractivity contribution in [2.75, 3.05) is 0 Å². The Hall–Kier alpha value is -0.670. The SMILES string of the molecule is N[C@@H](c1c(F)ccc(F)c1Cl)C1CCCCC1. The smallest absolute Gasteiger partial charge is 0.142 e. The molecule has 0 heterocycles. The minimum atomic E-state index is -0.602. The maximum absolute atomic E-state index is 13.7. The first-order chi connectivity index (χ1) is 8.11. The molecule has 1 aliphatic carbocycles. The quantitative estimate of drug-likeness (QED) is 0.792. The lowest BCUT2D eigenvalue weighted by Gasteiger charge is -2.28. The zero-order valence-corrected chi connectivity index (χ0v) is 10.3. The molecule has 1 nitrogen and oxygen atoms in total. The second kappa shape index (κ2) is 5.32. The van der Waals surface area contributed by atoms with Crippen molar-refractivity contribution < 1.29 is 8.78 Å². The van der Waals surface area contributed by atoms with Gasteiger partial charge in [-0.05, 0) is 30.9 Å². The molecular formula is C13H16ClF2N. The van der Waals surface area contributed by atoms with Gasteiger partial charge in [0.25, 0.3) is 0 Å². The fraction of sp³-hybridized carbons (Fsp3) is 0.538. The Morgan fingerprint density at radius 3 is 2.35 bits per heavy atom. The highest BCUT2D eigenvalue weighted by Crippen LogP contribution is 2.37. The molecule has 1 aromatic rings. The number of hydrogen-bond donors (Lipinski definition) is 1. The van der Waals surface area contributed by atoms with E-state index in [0.717, 1.165) is 37.8 Å². The third kappa shape index (κ3) is 2.61. The molecule has 1 aliphatic rings. The molecule has 2 rings (SSSR count). The van der Waals surface area contributed by atoms with Gasteiger partial charge in [-0.1, -0.05) is 30.9 Å². The van der Waals surface area contributed by atoms with E-state index in [1.165, 1.54) is 6.42 Å². The van der Waals surface area contributed by atoms with E-state index in [1.807, 2.05) is 0 Å². The second-order valence-corrected chi connectivity index (χ2v) is 5.06. The predicted molar refractivity (Wildman–Crippen MR) is 64.9 cm³/mol. The number of halogens is 3. The lowest BCUT2D eigenvalue weighted by Crippen LogP contribution is -2.25. The zero-order valence-electron chi connectivity index (χ0n) is 9.56. The Bertz CT molecular complexity index is 403. The van der Waals surface area contributed by atoms with Gasteiger partial charge in [-0.3, -0.25) is 0 Å². The summed E-state index contributed by atoms with van der Waals surface area (Å²) in [6.45, 7) is 0. The van der Waals surface area contributed by atoms with Crippen molar-refractivity contribution in [3.8, 4) is 0 Å². The van der Waals surface area contributed by atoms with E-state index in [0.29, 0.717) is 0 Å². The topological polar surface area (TPSA) is 26.0 Å². The average molecular weight is 260 g/mol. The summed E-state index contributed by atoms with van der Waals surface area (Å²) in [4.78, 5) is 0. The minimum Gasteiger partial charge on any atom is -0.324 e. The van der Waals surface area contributed by atoms with Crippen LogP contribution in [0.5, 0.6) is 0 Å². The fourth-order valence-electron chi connectivity index (χ4n) is 2.58. The van der Waals surface area contributed by atoms with Gasteiger partial charge in [0.2, 0.25) is 0 Å². The molecule has 2 N–H and O–H groups in total. The summed E-state index contributed by atoms with van der Waals surface area (Å²) >= 11 is 5.82. The van der Waals surface area contributed by atoms with Crippen molar-refractivity contribution >= 4 is 11.6 Å². The molecule has 17 heavy (non-hydrogen) atoms. The molecule has 1 saturated carbocycles. The highest BCUT2D eigenvalue weighted by Gasteiger charge is 2.27. The van der Waals surface area contributed by atoms with Crippen molar-refractivity contribution in [3.63, 3.8) is 0 Å². The molecule has 0 spiro atoms. The Morgan fingerprint density at radius 1 is 1.12 bits per heavy atom. The molecular weight excluding hydrogens is 244 g/mol. The molecule has 94 valence electrons. The third-order valence-corrected chi connectivity index (χ3v) is 3.95. The van der Waals surface area contributed by atoms with Gasteiger partial charge in [-0.2, -0.15) is 0 Å². The van der Waals surface area contributed by atoms with E-state index >= 15 is 0 Å². The predicted octanol–water partition coefficient (Wildman–Crippen LogP) is 4.20. The molecule has 0 aliphatic heterocycles. The highest BCUT2D eigenvalue weighted by molar-refractivity contribution is 6.31. The molecule has 1 fully saturated rings. The Morgan fingerprint density at radius 2 is 1.71 bits per heavy atom. The normalized spacial score (nSPS) is 19.3. The molecule has 1 aromatic carbocycles. The van der Waals surface area contributed by atoms with Crippen LogP contribution in [0.2, 0.25) is 5.02 Å². The van der Waals surface area contributed by atoms with Gasteiger partial charge in [-0.25, -0.2) is 8.78 Å². The van der Waals surface area contributed by atoms with Gasteiger partial charge in [-0.15, -0.1) is 0 Å². The first-order valence-electron chi connectivity index (χ1n) is 6.00. The van der Waals surface area contributed by atoms with E-state index in [2.05, 4.69) is 0 Å². The van der Waals surface area contributed by atoms with E-state index in [-0.39, 0.29) is 16.5 Å². The molecule has 4 heteroatoms. The van der Waals surface area contributed by atoms with Crippen LogP contribution in [0.25, 0.3) is 0 Å². The lowest BCUT2D eigenvalue weighted by atomic mass is 9.81. The van der Waals surface area contributed by atoms with Gasteiger partial charge < -0.3 is 5.73 Å².